The molecule has 0 bridgehead atoms. The van der Waals surface area contributed by atoms with Gasteiger partial charge in [0.15, 0.2) is 9.84 Å². The minimum Gasteiger partial charge on any atom is -0.380 e. The van der Waals surface area contributed by atoms with Gasteiger partial charge in [0.2, 0.25) is 29.5 Å². The third-order valence-electron chi connectivity index (χ3n) is 25.2. The van der Waals surface area contributed by atoms with E-state index in [9.17, 15) is 51.7 Å². The number of carbonyl (C=O) groups excluding carboxylic acids is 5. The minimum atomic E-state index is -3.23. The van der Waals surface area contributed by atoms with Gasteiger partial charge in [-0.3, -0.25) is 38.0 Å². The van der Waals surface area contributed by atoms with Crippen molar-refractivity contribution >= 4 is 137 Å². The Balaban J connectivity index is 0.000000125. The van der Waals surface area contributed by atoms with Crippen LogP contribution in [0.5, 0.6) is 0 Å². The second kappa shape index (κ2) is 39.6. The maximum Gasteiger partial charge on any atom is 0.264 e. The van der Waals surface area contributed by atoms with E-state index in [1.807, 2.05) is 161 Å². The highest BCUT2D eigenvalue weighted by atomic mass is 32.2. The van der Waals surface area contributed by atoms with Gasteiger partial charge in [0.25, 0.3) is 6.43 Å². The van der Waals surface area contributed by atoms with E-state index in [0.717, 1.165) is 193 Å². The molecule has 0 fully saturated rings. The van der Waals surface area contributed by atoms with Crippen LogP contribution in [0, 0.1) is 40.4 Å². The van der Waals surface area contributed by atoms with Gasteiger partial charge in [-0.15, -0.1) is 0 Å². The van der Waals surface area contributed by atoms with Gasteiger partial charge in [-0.2, -0.15) is 25.8 Å². The van der Waals surface area contributed by atoms with Crippen LogP contribution in [0.1, 0.15) is 130 Å². The molecule has 20 rings (SSSR count). The second-order valence-electron chi connectivity index (χ2n) is 36.0. The van der Waals surface area contributed by atoms with E-state index >= 15 is 0 Å². The largest absolute Gasteiger partial charge is 0.380 e. The van der Waals surface area contributed by atoms with Crippen molar-refractivity contribution in [2.45, 2.75) is 122 Å². The van der Waals surface area contributed by atoms with Crippen molar-refractivity contribution in [3.8, 4) is 45.5 Å². The monoisotopic (exact) mass is 1820 g/mol. The average molecular weight is 1820 g/mol. The number of aryl methyl sites for hydroxylation is 4. The summed E-state index contributed by atoms with van der Waals surface area (Å²) in [5.74, 6) is 1.65. The van der Waals surface area contributed by atoms with Crippen LogP contribution in [-0.2, 0) is 80.6 Å². The smallest absolute Gasteiger partial charge is 0.264 e. The first kappa shape index (κ1) is 92.3. The third kappa shape index (κ3) is 20.7. The number of likely N-dealkylation sites (N-methyl/N-ethyl adjacent to an activating group) is 2. The van der Waals surface area contributed by atoms with Gasteiger partial charge in [-0.1, -0.05) is 81.5 Å². The molecule has 0 unspecified atom stereocenters. The van der Waals surface area contributed by atoms with Gasteiger partial charge in [-0.05, 0) is 194 Å². The Morgan fingerprint density at radius 2 is 0.903 bits per heavy atom. The molecule has 134 heavy (non-hydrogen) atoms. The Hall–Kier alpha value is -15.0. The molecule has 4 aromatic heterocycles. The van der Waals surface area contributed by atoms with Crippen LogP contribution in [0.25, 0.3) is 45.5 Å². The van der Waals surface area contributed by atoms with Crippen molar-refractivity contribution in [3.63, 3.8) is 0 Å². The van der Waals surface area contributed by atoms with Crippen molar-refractivity contribution in [2.75, 3.05) is 115 Å². The highest BCUT2D eigenvalue weighted by molar-refractivity contribution is 7.90. The first-order chi connectivity index (χ1) is 64.4. The number of sulfone groups is 1. The molecule has 8 aliphatic heterocycles. The van der Waals surface area contributed by atoms with Gasteiger partial charge in [0.05, 0.1) is 92.3 Å². The number of halogens is 2. The lowest BCUT2D eigenvalue weighted by Gasteiger charge is -2.38. The zero-order valence-electron chi connectivity index (χ0n) is 76.9. The Morgan fingerprint density at radius 1 is 0.440 bits per heavy atom. The number of hydrogen-bond donors (Lipinski definition) is 7. The summed E-state index contributed by atoms with van der Waals surface area (Å²) in [6, 6.07) is 50.9. The fraction of sp³-hybridized carbons (Fsp3) is 0.311. The molecule has 0 radical (unpaired) electrons. The molecule has 8 aromatic carbocycles. The quantitative estimate of drug-likeness (QED) is 0.0625. The van der Waals surface area contributed by atoms with Crippen molar-refractivity contribution in [1.82, 2.24) is 34.3 Å². The molecule has 5 atom stereocenters. The van der Waals surface area contributed by atoms with Crippen molar-refractivity contribution in [1.29, 1.82) is 10.5 Å². The number of pyridine rings is 1. The van der Waals surface area contributed by atoms with Crippen LogP contribution in [0.3, 0.4) is 0 Å². The van der Waals surface area contributed by atoms with Crippen molar-refractivity contribution in [2.24, 2.45) is 38.9 Å². The lowest BCUT2D eigenvalue weighted by molar-refractivity contribution is -0.117. The summed E-state index contributed by atoms with van der Waals surface area (Å²) >= 11 is 0. The van der Waals surface area contributed by atoms with E-state index < -0.39 is 16.3 Å². The van der Waals surface area contributed by atoms with Crippen LogP contribution in [0.15, 0.2) is 194 Å². The minimum absolute atomic E-state index is 0.00598. The molecule has 688 valence electrons. The van der Waals surface area contributed by atoms with E-state index in [1.54, 1.807) is 76.3 Å². The number of nitrogens with zero attached hydrogens (tertiary/aromatic N) is 14. The summed E-state index contributed by atoms with van der Waals surface area (Å²) in [5.41, 5.74) is 25.3. The molecule has 28 nitrogen and oxygen atoms in total. The van der Waals surface area contributed by atoms with E-state index in [-0.39, 0.29) is 64.9 Å². The number of carbonyl (C=O) groups is 5. The number of fused-ring (bicyclic) bond motifs is 8. The standard InChI is InChI=1S/2C25H26N6O.C24H25F2N5O.C19H20N2O3S.C10H12N2O/c2*1-16-9-20-21(28-25(32)10-16)5-4-6-22(20)31-8-7-29(2)23-12-19(17(13-26)11-24(23)31)18-14-27-30(3)15-18;1-14-8-19-20(29-22(32)9-14)5-6-27-24(19)31-7-3-4-15-10-17(16-12-28-30(2)13-16)18(23(25)26)11-21(15)31;1-13-11-18(22)21-17-8-4-6-15(19(17)20-13)10-9-14-5-3-7-16(12-14)25(2,23)24;1-7-6-10(13)12-9-5-3-2-4-8(9)11-7/h2*4-6,11-12,14-16H,7-10H2,1-3H3,(H,28,32);5-6,10-14,23H,3-4,7-9H2,1-2H3,(H,29,32);3-10,12-13,20H,11H2,1-2H3,(H,21,22);2-5,7,11H,6H2,1H3,(H,12,13)/b;;;10-9+;/t2*16-;14-;13-;7-/m00010/s1. The Bertz CT molecular complexity index is 6590. The summed E-state index contributed by atoms with van der Waals surface area (Å²) in [6.07, 6.45) is 21.4. The number of amides is 5. The molecule has 0 spiro atoms. The summed E-state index contributed by atoms with van der Waals surface area (Å²) in [6.45, 7) is 14.3. The maximum atomic E-state index is 14.1. The maximum absolute atomic E-state index is 14.1. The SMILES string of the molecule is C[C@@H]1CC(=O)Nc2cccc(/C=C/c3cccc(S(C)(=O)=O)c3)c2N1.C[C@@H]1CC(=O)Nc2cccc(N3CCN(C)c4cc(-c5cnn(C)c5)c(C#N)cc43)c2C1.C[C@@H]1CC(=O)Nc2cccc(N3CCN(C)c4cc(-c5cnn(C)c5)c(C#N)cc43)c2C1.C[C@@H]1CC(=O)Nc2ccnc(N3CCCc4cc(-c5cnn(C)c5)c(C(F)F)cc43)c2C1.C[C@H]1CC(=O)Nc2ccccc2N1. The first-order valence-electron chi connectivity index (χ1n) is 45.1. The number of hydrogen-bond acceptors (Lipinski definition) is 20. The summed E-state index contributed by atoms with van der Waals surface area (Å²) in [5, 5.41) is 54.2. The number of rotatable bonds is 10. The molecule has 31 heteroatoms. The number of alkyl halides is 2. The topological polar surface area (TPSA) is 334 Å². The lowest BCUT2D eigenvalue weighted by atomic mass is 9.92. The number of nitrogens with one attached hydrogen (secondary N) is 7. The van der Waals surface area contributed by atoms with E-state index in [2.05, 4.69) is 141 Å². The zero-order chi connectivity index (χ0) is 94.5. The summed E-state index contributed by atoms with van der Waals surface area (Å²) < 4.78 is 56.7. The predicted molar refractivity (Wildman–Crippen MR) is 526 cm³/mol. The second-order valence-corrected chi connectivity index (χ2v) is 38.0. The van der Waals surface area contributed by atoms with Crippen LogP contribution in [0.4, 0.5) is 94.2 Å². The normalized spacial score (nSPS) is 18.2. The number of aromatic nitrogens is 7. The van der Waals surface area contributed by atoms with Gasteiger partial charge < -0.3 is 61.7 Å². The molecule has 8 aliphatic rings. The third-order valence-corrected chi connectivity index (χ3v) is 26.3. The highest BCUT2D eigenvalue weighted by Crippen LogP contribution is 2.49. The van der Waals surface area contributed by atoms with Gasteiger partial charge in [-0.25, -0.2) is 22.2 Å². The Kier molecular flexibility index (Phi) is 27.3. The fourth-order valence-corrected chi connectivity index (χ4v) is 19.5. The molecule has 12 heterocycles. The zero-order valence-corrected chi connectivity index (χ0v) is 77.7. The highest BCUT2D eigenvalue weighted by Gasteiger charge is 2.35. The number of para-hydroxylation sites is 3. The summed E-state index contributed by atoms with van der Waals surface area (Å²) in [7, 11) is 6.47. The molecular formula is C103H109F2N21O7S. The molecule has 0 saturated heterocycles. The number of nitriles is 2. The van der Waals surface area contributed by atoms with Crippen LogP contribution >= 0.6 is 0 Å². The lowest BCUT2D eigenvalue weighted by Crippen LogP contribution is -2.37. The van der Waals surface area contributed by atoms with E-state index in [1.165, 1.54) is 6.26 Å². The Labute approximate surface area is 779 Å². The first-order valence-corrected chi connectivity index (χ1v) is 47.0. The van der Waals surface area contributed by atoms with Crippen molar-refractivity contribution < 1.29 is 41.2 Å². The van der Waals surface area contributed by atoms with E-state index in [0.29, 0.717) is 72.2 Å². The molecule has 0 aliphatic carbocycles. The molecule has 7 N–H and O–H groups in total. The molecule has 5 amide bonds. The van der Waals surface area contributed by atoms with Gasteiger partial charge in [0, 0.05) is 216 Å². The predicted octanol–water partition coefficient (Wildman–Crippen LogP) is 18.4. The van der Waals surface area contributed by atoms with E-state index in [4.69, 9.17) is 0 Å². The van der Waals surface area contributed by atoms with Gasteiger partial charge >= 0.3 is 0 Å². The Morgan fingerprint density at radius 3 is 1.42 bits per heavy atom. The van der Waals surface area contributed by atoms with Crippen LogP contribution < -0.4 is 61.7 Å². The molecule has 12 aromatic rings. The van der Waals surface area contributed by atoms with Crippen LogP contribution in [-0.4, -0.2) is 137 Å². The fourth-order valence-electron chi connectivity index (χ4n) is 18.8. The van der Waals surface area contributed by atoms with Crippen molar-refractivity contribution in [3.05, 3.63) is 239 Å². The summed E-state index contributed by atoms with van der Waals surface area (Å²) in [4.78, 5) is 75.9. The van der Waals surface area contributed by atoms with Gasteiger partial charge in [0.1, 0.15) is 5.82 Å². The molecular weight excluding hydrogens is 1710 g/mol. The number of anilines is 15. The molecule has 0 saturated carbocycles. The van der Waals surface area contributed by atoms with Crippen LogP contribution in [0.2, 0.25) is 0 Å². The average Bonchev–Trinajstić information content (AvgIpc) is 1.01. The number of benzene rings is 8.